The summed E-state index contributed by atoms with van der Waals surface area (Å²) in [5.41, 5.74) is 8.42. The first-order chi connectivity index (χ1) is 20.8. The van der Waals surface area contributed by atoms with Gasteiger partial charge in [-0.1, -0.05) is 98.9 Å². The van der Waals surface area contributed by atoms with Crippen molar-refractivity contribution >= 4 is 35.2 Å². The predicted octanol–water partition coefficient (Wildman–Crippen LogP) is 10.3. The third kappa shape index (κ3) is 6.96. The fraction of sp³-hybridized carbons (Fsp3) is 0.282. The average Bonchev–Trinajstić information content (AvgIpc) is 3.70. The Balaban J connectivity index is 0.000000204. The van der Waals surface area contributed by atoms with Crippen molar-refractivity contribution in [1.82, 2.24) is 9.97 Å². The number of aromatic nitrogens is 2. The summed E-state index contributed by atoms with van der Waals surface area (Å²) in [5, 5.41) is 3.81. The van der Waals surface area contributed by atoms with Crippen molar-refractivity contribution in [3.05, 3.63) is 115 Å². The molecule has 0 aliphatic heterocycles. The van der Waals surface area contributed by atoms with Gasteiger partial charge in [-0.3, -0.25) is 0 Å². The van der Waals surface area contributed by atoms with Crippen LogP contribution >= 0.6 is 0 Å². The van der Waals surface area contributed by atoms with Crippen LogP contribution in [0.25, 0.3) is 44.5 Å². The SMILES string of the molecule is CC(C)c1ccc(-c2[c-]cccc2)nc1.C[Si](C)(C)c1ccc2oc3c(-c4ccc(C5CCCC5)cn4)[c-]ccc3c2c1.[Ir]. The van der Waals surface area contributed by atoms with Gasteiger partial charge in [-0.05, 0) is 53.3 Å². The van der Waals surface area contributed by atoms with E-state index < -0.39 is 8.07 Å². The summed E-state index contributed by atoms with van der Waals surface area (Å²) in [6.07, 6.45) is 9.29. The second kappa shape index (κ2) is 13.7. The average molecular weight is 773 g/mol. The van der Waals surface area contributed by atoms with Crippen molar-refractivity contribution in [3.8, 4) is 22.5 Å². The molecule has 1 radical (unpaired) electrons. The molecule has 0 N–H and O–H groups in total. The van der Waals surface area contributed by atoms with Gasteiger partial charge in [0, 0.05) is 37.9 Å². The molecule has 227 valence electrons. The molecule has 3 heterocycles. The Labute approximate surface area is 276 Å². The molecule has 1 saturated carbocycles. The molecule has 1 fully saturated rings. The molecule has 5 heteroatoms. The van der Waals surface area contributed by atoms with Crippen LogP contribution in [0.4, 0.5) is 0 Å². The molecule has 0 spiro atoms. The maximum absolute atomic E-state index is 6.28. The number of hydrogen-bond donors (Lipinski definition) is 0. The minimum Gasteiger partial charge on any atom is -0.501 e. The fourth-order valence-corrected chi connectivity index (χ4v) is 7.07. The molecule has 1 aliphatic rings. The molecule has 44 heavy (non-hydrogen) atoms. The Hall–Kier alpha value is -3.37. The molecule has 6 aromatic rings. The molecule has 3 aromatic carbocycles. The molecule has 3 nitrogen and oxygen atoms in total. The number of benzene rings is 3. The third-order valence-corrected chi connectivity index (χ3v) is 10.6. The molecule has 0 unspecified atom stereocenters. The summed E-state index contributed by atoms with van der Waals surface area (Å²) in [6, 6.07) is 33.8. The molecule has 0 amide bonds. The summed E-state index contributed by atoms with van der Waals surface area (Å²) in [6.45, 7) is 11.5. The molecule has 0 saturated heterocycles. The van der Waals surface area contributed by atoms with Crippen molar-refractivity contribution in [2.24, 2.45) is 0 Å². The van der Waals surface area contributed by atoms with E-state index in [0.717, 1.165) is 39.1 Å². The van der Waals surface area contributed by atoms with E-state index in [-0.39, 0.29) is 20.1 Å². The summed E-state index contributed by atoms with van der Waals surface area (Å²) < 4.78 is 6.28. The van der Waals surface area contributed by atoms with E-state index in [4.69, 9.17) is 9.40 Å². The first-order valence-corrected chi connectivity index (χ1v) is 19.0. The molecule has 3 aromatic heterocycles. The van der Waals surface area contributed by atoms with Crippen LogP contribution in [-0.4, -0.2) is 18.0 Å². The van der Waals surface area contributed by atoms with Gasteiger partial charge in [-0.25, -0.2) is 0 Å². The second-order valence-electron chi connectivity index (χ2n) is 13.0. The van der Waals surface area contributed by atoms with E-state index in [1.54, 1.807) is 0 Å². The minimum atomic E-state index is -1.37. The van der Waals surface area contributed by atoms with E-state index in [2.05, 4.69) is 105 Å². The zero-order valence-electron chi connectivity index (χ0n) is 26.3. The normalized spacial score (nSPS) is 13.6. The summed E-state index contributed by atoms with van der Waals surface area (Å²) in [5.74, 6) is 1.22. The van der Waals surface area contributed by atoms with Crippen molar-refractivity contribution in [2.45, 2.75) is 71.0 Å². The minimum absolute atomic E-state index is 0. The van der Waals surface area contributed by atoms with Gasteiger partial charge in [0.05, 0.1) is 13.7 Å². The van der Waals surface area contributed by atoms with Crippen LogP contribution in [0.5, 0.6) is 0 Å². The van der Waals surface area contributed by atoms with Crippen LogP contribution in [0.15, 0.2) is 95.7 Å². The molecule has 1 aliphatic carbocycles. The van der Waals surface area contributed by atoms with Crippen molar-refractivity contribution < 1.29 is 24.5 Å². The van der Waals surface area contributed by atoms with Crippen molar-refractivity contribution in [1.29, 1.82) is 0 Å². The van der Waals surface area contributed by atoms with Gasteiger partial charge in [-0.2, -0.15) is 0 Å². The van der Waals surface area contributed by atoms with Gasteiger partial charge in [0.2, 0.25) is 0 Å². The summed E-state index contributed by atoms with van der Waals surface area (Å²) in [4.78, 5) is 9.23. The van der Waals surface area contributed by atoms with Crippen LogP contribution in [0.2, 0.25) is 19.6 Å². The van der Waals surface area contributed by atoms with Gasteiger partial charge < -0.3 is 14.4 Å². The Morgan fingerprint density at radius 3 is 2.20 bits per heavy atom. The topological polar surface area (TPSA) is 38.9 Å². The molecular weight excluding hydrogens is 733 g/mol. The van der Waals surface area contributed by atoms with Gasteiger partial charge >= 0.3 is 0 Å². The number of fused-ring (bicyclic) bond motifs is 3. The third-order valence-electron chi connectivity index (χ3n) is 8.60. The molecule has 0 bridgehead atoms. The summed E-state index contributed by atoms with van der Waals surface area (Å²) in [7, 11) is -1.37. The van der Waals surface area contributed by atoms with Crippen LogP contribution in [0, 0.1) is 12.1 Å². The number of hydrogen-bond acceptors (Lipinski definition) is 3. The predicted molar refractivity (Wildman–Crippen MR) is 183 cm³/mol. The Morgan fingerprint density at radius 2 is 1.57 bits per heavy atom. The summed E-state index contributed by atoms with van der Waals surface area (Å²) >= 11 is 0. The Morgan fingerprint density at radius 1 is 0.795 bits per heavy atom. The first kappa shape index (κ1) is 32.0. The fourth-order valence-electron chi connectivity index (χ4n) is 5.91. The van der Waals surface area contributed by atoms with E-state index >= 15 is 0 Å². The second-order valence-corrected chi connectivity index (χ2v) is 18.1. The quantitative estimate of drug-likeness (QED) is 0.129. The number of rotatable bonds is 5. The van der Waals surface area contributed by atoms with Gasteiger partial charge in [0.25, 0.3) is 0 Å². The monoisotopic (exact) mass is 773 g/mol. The van der Waals surface area contributed by atoms with E-state index in [1.807, 2.05) is 36.5 Å². The number of nitrogens with zero attached hydrogens (tertiary/aromatic N) is 2. The van der Waals surface area contributed by atoms with E-state index in [1.165, 1.54) is 47.4 Å². The standard InChI is InChI=1S/C25H26NOSi.C14H14N.Ir/c1-28(2,3)19-12-14-24-22(15-19)20-9-6-10-21(25(20)27-24)23-13-11-18(16-26-23)17-7-4-5-8-17;1-11(2)13-8-9-14(15-10-13)12-6-4-3-5-7-12;/h6,9,11-17H,4-5,7-8H2,1-3H3;3-6,8-11H,1-2H3;/q2*-1;. The van der Waals surface area contributed by atoms with E-state index in [9.17, 15) is 0 Å². The Kier molecular flexibility index (Phi) is 9.99. The first-order valence-electron chi connectivity index (χ1n) is 15.5. The van der Waals surface area contributed by atoms with Gasteiger partial charge in [0.1, 0.15) is 5.58 Å². The maximum atomic E-state index is 6.28. The van der Waals surface area contributed by atoms with E-state index in [0.29, 0.717) is 11.8 Å². The Bertz CT molecular complexity index is 1820. The zero-order chi connectivity index (χ0) is 30.0. The zero-order valence-corrected chi connectivity index (χ0v) is 29.7. The molecular formula is C39H40IrN2OSi-2. The van der Waals surface area contributed by atoms with Gasteiger partial charge in [0.15, 0.2) is 0 Å². The molecule has 7 rings (SSSR count). The van der Waals surface area contributed by atoms with Crippen LogP contribution in [-0.2, 0) is 20.1 Å². The van der Waals surface area contributed by atoms with Crippen molar-refractivity contribution in [2.75, 3.05) is 0 Å². The van der Waals surface area contributed by atoms with Gasteiger partial charge in [-0.15, -0.1) is 54.1 Å². The molecule has 0 atom stereocenters. The van der Waals surface area contributed by atoms with Crippen molar-refractivity contribution in [3.63, 3.8) is 0 Å². The van der Waals surface area contributed by atoms with Crippen LogP contribution < -0.4 is 5.19 Å². The smallest absolute Gasteiger partial charge is 0.120 e. The van der Waals surface area contributed by atoms with Crippen LogP contribution in [0.1, 0.15) is 62.5 Å². The number of furan rings is 1. The number of pyridine rings is 2. The maximum Gasteiger partial charge on any atom is 0.120 e. The van der Waals surface area contributed by atoms with Crippen LogP contribution in [0.3, 0.4) is 0 Å². The largest absolute Gasteiger partial charge is 0.501 e.